The molecule has 1 aliphatic rings. The lowest BCUT2D eigenvalue weighted by Crippen LogP contribution is -2.34. The van der Waals surface area contributed by atoms with E-state index < -0.39 is 0 Å². The van der Waals surface area contributed by atoms with Crippen LogP contribution in [0.3, 0.4) is 0 Å². The molecule has 0 radical (unpaired) electrons. The van der Waals surface area contributed by atoms with E-state index in [-0.39, 0.29) is 22.9 Å². The normalized spacial score (nSPS) is 16.6. The number of hydrogen-bond acceptors (Lipinski definition) is 4. The Kier molecular flexibility index (Phi) is 4.08. The number of carbonyl (C=O) groups excluding carboxylic acids is 1. The average Bonchev–Trinajstić information content (AvgIpc) is 3.40. The van der Waals surface area contributed by atoms with Crippen LogP contribution in [0.5, 0.6) is 5.75 Å². The van der Waals surface area contributed by atoms with Crippen LogP contribution in [-0.2, 0) is 0 Å². The number of aromatic amines is 2. The van der Waals surface area contributed by atoms with Crippen LogP contribution in [0.4, 0.5) is 0 Å². The molecule has 7 heteroatoms. The topological polar surface area (TPSA) is 91.1 Å². The Morgan fingerprint density at radius 2 is 2.07 bits per heavy atom. The van der Waals surface area contributed by atoms with Crippen molar-refractivity contribution < 1.29 is 9.53 Å². The van der Waals surface area contributed by atoms with Gasteiger partial charge < -0.3 is 19.6 Å². The number of H-pyrrole nitrogens is 2. The fourth-order valence-electron chi connectivity index (χ4n) is 4.13. The monoisotopic (exact) mass is 388 g/mol. The fraction of sp³-hybridized carbons (Fsp3) is 0.227. The zero-order chi connectivity index (χ0) is 20.0. The Balaban J connectivity index is 1.54. The van der Waals surface area contributed by atoms with Crippen molar-refractivity contribution in [3.63, 3.8) is 0 Å². The molecule has 0 aliphatic carbocycles. The Labute approximate surface area is 166 Å². The van der Waals surface area contributed by atoms with E-state index in [1.54, 1.807) is 30.2 Å². The van der Waals surface area contributed by atoms with Gasteiger partial charge in [0, 0.05) is 12.7 Å². The second-order valence-electron chi connectivity index (χ2n) is 7.21. The number of aromatic nitrogens is 3. The quantitative estimate of drug-likeness (QED) is 0.563. The summed E-state index contributed by atoms with van der Waals surface area (Å²) in [6.45, 7) is 0.593. The minimum Gasteiger partial charge on any atom is -0.495 e. The number of methoxy groups -OCH3 is 1. The Bertz CT molecular complexity index is 1260. The van der Waals surface area contributed by atoms with Gasteiger partial charge in [0.15, 0.2) is 0 Å². The standard InChI is InChI=1S/C22H20N4O3/c1-29-18-10-4-6-13-19(18)23-12-14(20(13)27)22(28)26-11-5-9-17(26)21-24-15-7-2-3-8-16(15)25-21/h2-4,6-8,10,12,17H,5,9,11H2,1H3,(H,23,27)(H,24,25)/t17-/m0/s1. The SMILES string of the molecule is COc1cccc2c(=O)c(C(=O)N3CCC[C@H]3c3nc4ccccc4[nH]3)c[nH]c12. The maximum Gasteiger partial charge on any atom is 0.259 e. The molecule has 1 saturated heterocycles. The van der Waals surface area contributed by atoms with Crippen molar-refractivity contribution in [2.75, 3.05) is 13.7 Å². The smallest absolute Gasteiger partial charge is 0.259 e. The molecule has 29 heavy (non-hydrogen) atoms. The van der Waals surface area contributed by atoms with Crippen molar-refractivity contribution in [2.24, 2.45) is 0 Å². The summed E-state index contributed by atoms with van der Waals surface area (Å²) in [6.07, 6.45) is 3.17. The van der Waals surface area contributed by atoms with Crippen molar-refractivity contribution in [1.82, 2.24) is 19.9 Å². The first-order valence-corrected chi connectivity index (χ1v) is 9.61. The fourth-order valence-corrected chi connectivity index (χ4v) is 4.13. The molecular formula is C22H20N4O3. The third kappa shape index (κ3) is 2.77. The van der Waals surface area contributed by atoms with Crippen LogP contribution in [0, 0.1) is 0 Å². The molecular weight excluding hydrogens is 368 g/mol. The van der Waals surface area contributed by atoms with E-state index in [2.05, 4.69) is 15.0 Å². The van der Waals surface area contributed by atoms with Gasteiger partial charge in [0.1, 0.15) is 17.1 Å². The lowest BCUT2D eigenvalue weighted by Gasteiger charge is -2.23. The minimum absolute atomic E-state index is 0.133. The third-order valence-corrected chi connectivity index (χ3v) is 5.56. The van der Waals surface area contributed by atoms with Crippen molar-refractivity contribution in [3.05, 3.63) is 70.3 Å². The predicted molar refractivity (Wildman–Crippen MR) is 110 cm³/mol. The van der Waals surface area contributed by atoms with Gasteiger partial charge in [-0.2, -0.15) is 0 Å². The molecule has 2 N–H and O–H groups in total. The van der Waals surface area contributed by atoms with Gasteiger partial charge in [-0.25, -0.2) is 4.98 Å². The minimum atomic E-state index is -0.294. The summed E-state index contributed by atoms with van der Waals surface area (Å²) in [5.74, 6) is 1.05. The van der Waals surface area contributed by atoms with Crippen LogP contribution in [-0.4, -0.2) is 39.4 Å². The summed E-state index contributed by atoms with van der Waals surface area (Å²) in [7, 11) is 1.55. The lowest BCUT2D eigenvalue weighted by molar-refractivity contribution is 0.0729. The van der Waals surface area contributed by atoms with Crippen LogP contribution < -0.4 is 10.2 Å². The number of fused-ring (bicyclic) bond motifs is 2. The van der Waals surface area contributed by atoms with Crippen LogP contribution in [0.15, 0.2) is 53.5 Å². The van der Waals surface area contributed by atoms with Crippen molar-refractivity contribution in [2.45, 2.75) is 18.9 Å². The number of rotatable bonds is 3. The van der Waals surface area contributed by atoms with Crippen molar-refractivity contribution >= 4 is 27.8 Å². The molecule has 1 atom stereocenters. The molecule has 1 aliphatic heterocycles. The summed E-state index contributed by atoms with van der Waals surface area (Å²) < 4.78 is 5.31. The zero-order valence-corrected chi connectivity index (χ0v) is 15.9. The van der Waals surface area contributed by atoms with E-state index in [0.29, 0.717) is 23.2 Å². The molecule has 0 saturated carbocycles. The number of carbonyl (C=O) groups is 1. The number of nitrogens with one attached hydrogen (secondary N) is 2. The first kappa shape index (κ1) is 17.5. The molecule has 0 bridgehead atoms. The Morgan fingerprint density at radius 3 is 2.90 bits per heavy atom. The van der Waals surface area contributed by atoms with Crippen molar-refractivity contribution in [1.29, 1.82) is 0 Å². The number of benzene rings is 2. The van der Waals surface area contributed by atoms with Gasteiger partial charge in [-0.05, 0) is 37.1 Å². The van der Waals surface area contributed by atoms with E-state index in [4.69, 9.17) is 4.74 Å². The molecule has 146 valence electrons. The molecule has 7 nitrogen and oxygen atoms in total. The molecule has 0 spiro atoms. The molecule has 3 heterocycles. The van der Waals surface area contributed by atoms with E-state index >= 15 is 0 Å². The van der Waals surface area contributed by atoms with Crippen LogP contribution in [0.2, 0.25) is 0 Å². The summed E-state index contributed by atoms with van der Waals surface area (Å²) in [4.78, 5) is 39.1. The summed E-state index contributed by atoms with van der Waals surface area (Å²) >= 11 is 0. The van der Waals surface area contributed by atoms with Gasteiger partial charge >= 0.3 is 0 Å². The zero-order valence-electron chi connectivity index (χ0n) is 15.9. The van der Waals surface area contributed by atoms with Crippen LogP contribution in [0.1, 0.15) is 35.1 Å². The number of likely N-dealkylation sites (tertiary alicyclic amines) is 1. The Morgan fingerprint density at radius 1 is 1.21 bits per heavy atom. The number of imidazole rings is 1. The highest BCUT2D eigenvalue weighted by Crippen LogP contribution is 2.32. The van der Waals surface area contributed by atoms with Gasteiger partial charge in [-0.1, -0.05) is 18.2 Å². The summed E-state index contributed by atoms with van der Waals surface area (Å²) in [6, 6.07) is 12.9. The maximum absolute atomic E-state index is 13.3. The molecule has 2 aromatic carbocycles. The van der Waals surface area contributed by atoms with E-state index in [9.17, 15) is 9.59 Å². The summed E-state index contributed by atoms with van der Waals surface area (Å²) in [5, 5.41) is 0.440. The molecule has 4 aromatic rings. The van der Waals surface area contributed by atoms with Crippen molar-refractivity contribution in [3.8, 4) is 5.75 Å². The van der Waals surface area contributed by atoms with Crippen LogP contribution >= 0.6 is 0 Å². The number of pyridine rings is 1. The first-order chi connectivity index (χ1) is 14.2. The van der Waals surface area contributed by atoms with Gasteiger partial charge in [-0.3, -0.25) is 9.59 Å². The first-order valence-electron chi connectivity index (χ1n) is 9.61. The maximum atomic E-state index is 13.3. The lowest BCUT2D eigenvalue weighted by atomic mass is 10.1. The second kappa shape index (κ2) is 6.77. The third-order valence-electron chi connectivity index (χ3n) is 5.56. The number of hydrogen-bond donors (Lipinski definition) is 2. The van der Waals surface area contributed by atoms with E-state index in [1.807, 2.05) is 24.3 Å². The number of nitrogens with zero attached hydrogens (tertiary/aromatic N) is 2. The van der Waals surface area contributed by atoms with Gasteiger partial charge in [0.2, 0.25) is 5.43 Å². The van der Waals surface area contributed by atoms with E-state index in [0.717, 1.165) is 29.7 Å². The molecule has 1 fully saturated rings. The average molecular weight is 388 g/mol. The van der Waals surface area contributed by atoms with Gasteiger partial charge in [0.05, 0.1) is 35.1 Å². The highest BCUT2D eigenvalue weighted by Gasteiger charge is 2.34. The molecule has 1 amide bonds. The summed E-state index contributed by atoms with van der Waals surface area (Å²) in [5.41, 5.74) is 2.24. The molecule has 5 rings (SSSR count). The number of ether oxygens (including phenoxy) is 1. The highest BCUT2D eigenvalue weighted by atomic mass is 16.5. The number of para-hydroxylation sites is 3. The largest absolute Gasteiger partial charge is 0.495 e. The molecule has 2 aromatic heterocycles. The highest BCUT2D eigenvalue weighted by molar-refractivity contribution is 5.98. The second-order valence-corrected chi connectivity index (χ2v) is 7.21. The number of amides is 1. The van der Waals surface area contributed by atoms with Gasteiger partial charge in [0.25, 0.3) is 5.91 Å². The predicted octanol–water partition coefficient (Wildman–Crippen LogP) is 3.39. The Hall–Kier alpha value is -3.61. The van der Waals surface area contributed by atoms with E-state index in [1.165, 1.54) is 6.20 Å². The van der Waals surface area contributed by atoms with Crippen LogP contribution in [0.25, 0.3) is 21.9 Å². The van der Waals surface area contributed by atoms with Gasteiger partial charge in [-0.15, -0.1) is 0 Å². The molecule has 0 unspecified atom stereocenters.